The Morgan fingerprint density at radius 1 is 1.17 bits per heavy atom. The summed E-state index contributed by atoms with van der Waals surface area (Å²) < 4.78 is 11.6. The first-order valence-electron chi connectivity index (χ1n) is 7.91. The second-order valence-electron chi connectivity index (χ2n) is 5.69. The van der Waals surface area contributed by atoms with Crippen molar-refractivity contribution in [2.75, 3.05) is 25.7 Å². The predicted octanol–water partition coefficient (Wildman–Crippen LogP) is 3.82. The minimum absolute atomic E-state index is 0.394. The highest BCUT2D eigenvalue weighted by atomic mass is 32.2. The molecule has 2 aromatic rings. The molecule has 122 valence electrons. The van der Waals surface area contributed by atoms with Crippen molar-refractivity contribution >= 4 is 11.8 Å². The molecule has 0 amide bonds. The van der Waals surface area contributed by atoms with Crippen LogP contribution < -0.4 is 14.8 Å². The predicted molar refractivity (Wildman–Crippen MR) is 96.6 cm³/mol. The molecule has 1 atom stereocenters. The van der Waals surface area contributed by atoms with Crippen LogP contribution in [0.4, 0.5) is 0 Å². The molecule has 0 radical (unpaired) electrons. The van der Waals surface area contributed by atoms with E-state index in [1.807, 2.05) is 30.0 Å². The maximum Gasteiger partial charge on any atom is 0.161 e. The standard InChI is InChI=1S/C19H23NO2S/c1-21-18-11-16-15(8-9-20-17(16)13-23-2)10-19(18)22-12-14-6-4-3-5-7-14/h3-7,10-11,17,20H,8-9,12-13H2,1-2H3. The van der Waals surface area contributed by atoms with Gasteiger partial charge in [-0.05, 0) is 48.0 Å². The van der Waals surface area contributed by atoms with Crippen LogP contribution in [-0.4, -0.2) is 25.7 Å². The number of rotatable bonds is 6. The van der Waals surface area contributed by atoms with E-state index in [4.69, 9.17) is 9.47 Å². The van der Waals surface area contributed by atoms with Crippen LogP contribution in [0.2, 0.25) is 0 Å². The highest BCUT2D eigenvalue weighted by Crippen LogP contribution is 2.36. The molecule has 2 aromatic carbocycles. The molecule has 4 heteroatoms. The van der Waals surface area contributed by atoms with E-state index in [2.05, 4.69) is 35.8 Å². The lowest BCUT2D eigenvalue weighted by Crippen LogP contribution is -2.31. The van der Waals surface area contributed by atoms with E-state index < -0.39 is 0 Å². The highest BCUT2D eigenvalue weighted by molar-refractivity contribution is 7.98. The molecule has 23 heavy (non-hydrogen) atoms. The summed E-state index contributed by atoms with van der Waals surface area (Å²) in [5.74, 6) is 2.72. The number of benzene rings is 2. The summed E-state index contributed by atoms with van der Waals surface area (Å²) in [5.41, 5.74) is 3.87. The Kier molecular flexibility index (Phi) is 5.47. The van der Waals surface area contributed by atoms with Gasteiger partial charge in [0, 0.05) is 11.8 Å². The van der Waals surface area contributed by atoms with Gasteiger partial charge in [-0.15, -0.1) is 0 Å². The van der Waals surface area contributed by atoms with E-state index in [1.165, 1.54) is 11.1 Å². The van der Waals surface area contributed by atoms with Crippen LogP contribution in [0.3, 0.4) is 0 Å². The van der Waals surface area contributed by atoms with Crippen LogP contribution in [0.5, 0.6) is 11.5 Å². The summed E-state index contributed by atoms with van der Waals surface area (Å²) >= 11 is 1.86. The van der Waals surface area contributed by atoms with Gasteiger partial charge in [0.15, 0.2) is 11.5 Å². The molecule has 0 saturated carbocycles. The molecular formula is C19H23NO2S. The maximum atomic E-state index is 6.02. The lowest BCUT2D eigenvalue weighted by atomic mass is 9.94. The molecule has 0 aliphatic carbocycles. The van der Waals surface area contributed by atoms with Crippen molar-refractivity contribution < 1.29 is 9.47 Å². The number of fused-ring (bicyclic) bond motifs is 1. The van der Waals surface area contributed by atoms with Gasteiger partial charge in [-0.2, -0.15) is 11.8 Å². The average Bonchev–Trinajstić information content (AvgIpc) is 2.60. The molecule has 1 heterocycles. The second kappa shape index (κ2) is 7.75. The Morgan fingerprint density at radius 3 is 2.74 bits per heavy atom. The number of ether oxygens (including phenoxy) is 2. The van der Waals surface area contributed by atoms with Crippen molar-refractivity contribution in [2.45, 2.75) is 19.1 Å². The Morgan fingerprint density at radius 2 is 2.00 bits per heavy atom. The summed E-state index contributed by atoms with van der Waals surface area (Å²) in [6.45, 7) is 1.57. The minimum atomic E-state index is 0.394. The highest BCUT2D eigenvalue weighted by Gasteiger charge is 2.22. The van der Waals surface area contributed by atoms with Gasteiger partial charge in [-0.1, -0.05) is 30.3 Å². The fraction of sp³-hybridized carbons (Fsp3) is 0.368. The number of hydrogen-bond donors (Lipinski definition) is 1. The van der Waals surface area contributed by atoms with Crippen LogP contribution in [0.1, 0.15) is 22.7 Å². The van der Waals surface area contributed by atoms with Crippen molar-refractivity contribution in [3.05, 3.63) is 59.2 Å². The molecule has 1 unspecified atom stereocenters. The van der Waals surface area contributed by atoms with Gasteiger partial charge in [0.2, 0.25) is 0 Å². The summed E-state index contributed by atoms with van der Waals surface area (Å²) in [4.78, 5) is 0. The Bertz CT molecular complexity index is 645. The van der Waals surface area contributed by atoms with Crippen LogP contribution >= 0.6 is 11.8 Å². The summed E-state index contributed by atoms with van der Waals surface area (Å²) in [6.07, 6.45) is 3.18. The van der Waals surface area contributed by atoms with Gasteiger partial charge in [0.05, 0.1) is 7.11 Å². The van der Waals surface area contributed by atoms with Crippen LogP contribution in [0.15, 0.2) is 42.5 Å². The van der Waals surface area contributed by atoms with Gasteiger partial charge in [-0.3, -0.25) is 0 Å². The van der Waals surface area contributed by atoms with Crippen molar-refractivity contribution in [2.24, 2.45) is 0 Å². The van der Waals surface area contributed by atoms with Gasteiger partial charge in [0.1, 0.15) is 6.61 Å². The first-order chi connectivity index (χ1) is 11.3. The molecular weight excluding hydrogens is 306 g/mol. The quantitative estimate of drug-likeness (QED) is 0.873. The Labute approximate surface area is 142 Å². The Hall–Kier alpha value is -1.65. The molecule has 3 nitrogen and oxygen atoms in total. The molecule has 0 bridgehead atoms. The number of nitrogens with one attached hydrogen (secondary N) is 1. The normalized spacial score (nSPS) is 16.7. The molecule has 0 spiro atoms. The lowest BCUT2D eigenvalue weighted by molar-refractivity contribution is 0.283. The van der Waals surface area contributed by atoms with Crippen molar-refractivity contribution in [3.63, 3.8) is 0 Å². The second-order valence-corrected chi connectivity index (χ2v) is 6.60. The third kappa shape index (κ3) is 3.82. The zero-order valence-electron chi connectivity index (χ0n) is 13.7. The van der Waals surface area contributed by atoms with Crippen molar-refractivity contribution in [1.82, 2.24) is 5.32 Å². The third-order valence-electron chi connectivity index (χ3n) is 4.16. The maximum absolute atomic E-state index is 6.02. The molecule has 1 N–H and O–H groups in total. The topological polar surface area (TPSA) is 30.5 Å². The van der Waals surface area contributed by atoms with Crippen LogP contribution in [-0.2, 0) is 13.0 Å². The van der Waals surface area contributed by atoms with Crippen LogP contribution in [0, 0.1) is 0 Å². The van der Waals surface area contributed by atoms with E-state index in [1.54, 1.807) is 7.11 Å². The third-order valence-corrected chi connectivity index (χ3v) is 4.82. The fourth-order valence-electron chi connectivity index (χ4n) is 2.97. The number of thioether (sulfide) groups is 1. The zero-order valence-corrected chi connectivity index (χ0v) is 14.5. The summed E-state index contributed by atoms with van der Waals surface area (Å²) in [7, 11) is 1.71. The van der Waals surface area contributed by atoms with Crippen LogP contribution in [0.25, 0.3) is 0 Å². The van der Waals surface area contributed by atoms with E-state index in [-0.39, 0.29) is 0 Å². The minimum Gasteiger partial charge on any atom is -0.493 e. The summed E-state index contributed by atoms with van der Waals surface area (Å²) in [6, 6.07) is 14.9. The molecule has 3 rings (SSSR count). The van der Waals surface area contributed by atoms with Gasteiger partial charge < -0.3 is 14.8 Å². The smallest absolute Gasteiger partial charge is 0.161 e. The SMILES string of the molecule is COc1cc2c(cc1OCc1ccccc1)CCNC2CSC. The first-order valence-corrected chi connectivity index (χ1v) is 9.31. The number of hydrogen-bond acceptors (Lipinski definition) is 4. The van der Waals surface area contributed by atoms with Gasteiger partial charge in [0.25, 0.3) is 0 Å². The molecule has 0 fully saturated rings. The Balaban J connectivity index is 1.83. The molecule has 0 aromatic heterocycles. The molecule has 1 aliphatic heterocycles. The van der Waals surface area contributed by atoms with Gasteiger partial charge in [-0.25, -0.2) is 0 Å². The van der Waals surface area contributed by atoms with E-state index >= 15 is 0 Å². The van der Waals surface area contributed by atoms with Crippen molar-refractivity contribution in [1.29, 1.82) is 0 Å². The lowest BCUT2D eigenvalue weighted by Gasteiger charge is -2.28. The molecule has 0 saturated heterocycles. The van der Waals surface area contributed by atoms with Crippen molar-refractivity contribution in [3.8, 4) is 11.5 Å². The van der Waals surface area contributed by atoms with Gasteiger partial charge >= 0.3 is 0 Å². The largest absolute Gasteiger partial charge is 0.493 e. The monoisotopic (exact) mass is 329 g/mol. The van der Waals surface area contributed by atoms with E-state index in [0.717, 1.165) is 35.8 Å². The van der Waals surface area contributed by atoms with E-state index in [9.17, 15) is 0 Å². The summed E-state index contributed by atoms with van der Waals surface area (Å²) in [5, 5.41) is 3.59. The zero-order chi connectivity index (χ0) is 16.1. The number of methoxy groups -OCH3 is 1. The van der Waals surface area contributed by atoms with E-state index in [0.29, 0.717) is 12.6 Å². The average molecular weight is 329 g/mol. The fourth-order valence-corrected chi connectivity index (χ4v) is 3.60. The first kappa shape index (κ1) is 16.2. The molecule has 1 aliphatic rings.